The summed E-state index contributed by atoms with van der Waals surface area (Å²) in [5.74, 6) is 20.2. The van der Waals surface area contributed by atoms with Crippen molar-refractivity contribution in [3.63, 3.8) is 0 Å². The summed E-state index contributed by atoms with van der Waals surface area (Å²) >= 11 is 0. The molecule has 9 rings (SSSR count). The zero-order chi connectivity index (χ0) is 30.6. The van der Waals surface area contributed by atoms with E-state index in [1.54, 1.807) is 122 Å². The van der Waals surface area contributed by atoms with E-state index in [0.29, 0.717) is 5.41 Å². The molecule has 0 aliphatic heterocycles. The van der Waals surface area contributed by atoms with Gasteiger partial charge in [-0.25, -0.2) is 0 Å². The molecule has 0 N–H and O–H groups in total. The van der Waals surface area contributed by atoms with Crippen molar-refractivity contribution in [2.24, 2.45) is 118 Å². The molecule has 0 bridgehead atoms. The third kappa shape index (κ3) is 4.66. The van der Waals surface area contributed by atoms with Crippen LogP contribution < -0.4 is 0 Å². The molecule has 9 fully saturated rings. The largest absolute Gasteiger partial charge is 0.0625 e. The summed E-state index contributed by atoms with van der Waals surface area (Å²) < 4.78 is 0. The second-order valence-electron chi connectivity index (χ2n) is 21.1. The van der Waals surface area contributed by atoms with Crippen molar-refractivity contribution < 1.29 is 0 Å². The standard InChI is InChI=1S/C45H74/c1-26(2)36-24-40-41-39-23-33-21-31-15-9-10-16-32(31)22-37(33)38(39)20-29(5)43(41)45(44(40)35-18-12-11-17-34(35)36)25-27(3)19-28(4)42(45)30-13-7-6-8-14-30/h26-44H,6-25H2,1-5H3. The van der Waals surface area contributed by atoms with E-state index in [4.69, 9.17) is 0 Å². The Morgan fingerprint density at radius 2 is 1.07 bits per heavy atom. The number of hydrogen-bond donors (Lipinski definition) is 0. The second-order valence-corrected chi connectivity index (χ2v) is 21.1. The summed E-state index contributed by atoms with van der Waals surface area (Å²) in [6.45, 7) is 13.8. The Hall–Kier alpha value is 0. The molecule has 18 unspecified atom stereocenters. The predicted molar refractivity (Wildman–Crippen MR) is 189 cm³/mol. The Labute approximate surface area is 280 Å². The molecule has 0 heteroatoms. The molecule has 1 spiro atoms. The van der Waals surface area contributed by atoms with E-state index in [1.165, 1.54) is 6.42 Å². The van der Waals surface area contributed by atoms with Crippen LogP contribution in [0.3, 0.4) is 0 Å². The maximum atomic E-state index is 2.90. The molecule has 254 valence electrons. The molecule has 0 aromatic rings. The predicted octanol–water partition coefficient (Wildman–Crippen LogP) is 12.7. The molecule has 0 heterocycles. The maximum absolute atomic E-state index is 2.90. The molecule has 0 radical (unpaired) electrons. The summed E-state index contributed by atoms with van der Waals surface area (Å²) in [5.41, 5.74) is 0.683. The Balaban J connectivity index is 1.17. The van der Waals surface area contributed by atoms with Crippen molar-refractivity contribution >= 4 is 0 Å². The zero-order valence-electron chi connectivity index (χ0n) is 30.6. The van der Waals surface area contributed by atoms with Crippen LogP contribution in [0.2, 0.25) is 0 Å². The Morgan fingerprint density at radius 3 is 1.82 bits per heavy atom. The van der Waals surface area contributed by atoms with Crippen LogP contribution in [-0.4, -0.2) is 0 Å². The highest BCUT2D eigenvalue weighted by molar-refractivity contribution is 5.21. The smallest absolute Gasteiger partial charge is 0.0194 e. The highest BCUT2D eigenvalue weighted by Crippen LogP contribution is 2.79. The van der Waals surface area contributed by atoms with Crippen LogP contribution in [0.4, 0.5) is 0 Å². The van der Waals surface area contributed by atoms with Gasteiger partial charge in [0.05, 0.1) is 0 Å². The first kappa shape index (κ1) is 31.0. The summed E-state index contributed by atoms with van der Waals surface area (Å²) in [6, 6.07) is 0. The van der Waals surface area contributed by atoms with Crippen molar-refractivity contribution in [3.05, 3.63) is 0 Å². The highest BCUT2D eigenvalue weighted by Gasteiger charge is 2.73. The van der Waals surface area contributed by atoms with Gasteiger partial charge in [0.1, 0.15) is 0 Å². The molecule has 0 aromatic heterocycles. The van der Waals surface area contributed by atoms with Gasteiger partial charge in [-0.1, -0.05) is 105 Å². The molecule has 0 amide bonds. The van der Waals surface area contributed by atoms with Gasteiger partial charge in [-0.05, 0) is 176 Å². The van der Waals surface area contributed by atoms with E-state index in [2.05, 4.69) is 34.6 Å². The lowest BCUT2D eigenvalue weighted by Crippen LogP contribution is -2.57. The fourth-order valence-corrected chi connectivity index (χ4v) is 18.7. The van der Waals surface area contributed by atoms with Crippen molar-refractivity contribution in [2.75, 3.05) is 0 Å². The molecule has 9 saturated carbocycles. The van der Waals surface area contributed by atoms with Gasteiger partial charge in [0.15, 0.2) is 0 Å². The zero-order valence-corrected chi connectivity index (χ0v) is 30.6. The van der Waals surface area contributed by atoms with E-state index in [0.717, 1.165) is 112 Å². The molecule has 45 heavy (non-hydrogen) atoms. The van der Waals surface area contributed by atoms with E-state index in [9.17, 15) is 0 Å². The van der Waals surface area contributed by atoms with Crippen molar-refractivity contribution in [3.8, 4) is 0 Å². The number of rotatable bonds is 2. The summed E-state index contributed by atoms with van der Waals surface area (Å²) in [4.78, 5) is 0. The molecule has 0 aromatic carbocycles. The van der Waals surface area contributed by atoms with Crippen LogP contribution >= 0.6 is 0 Å². The molecule has 0 saturated heterocycles. The molecular formula is C45H74. The van der Waals surface area contributed by atoms with Crippen molar-refractivity contribution in [2.45, 2.75) is 163 Å². The lowest BCUT2D eigenvalue weighted by molar-refractivity contribution is -0.147. The van der Waals surface area contributed by atoms with Crippen LogP contribution in [0, 0.1) is 118 Å². The fraction of sp³-hybridized carbons (Fsp3) is 1.00. The molecule has 18 atom stereocenters. The second kappa shape index (κ2) is 11.8. The van der Waals surface area contributed by atoms with Gasteiger partial charge < -0.3 is 0 Å². The Kier molecular flexibility index (Phi) is 8.14. The van der Waals surface area contributed by atoms with Gasteiger partial charge in [0.2, 0.25) is 0 Å². The molecule has 9 aliphatic rings. The van der Waals surface area contributed by atoms with Gasteiger partial charge in [0.25, 0.3) is 0 Å². The van der Waals surface area contributed by atoms with Gasteiger partial charge in [-0.2, -0.15) is 0 Å². The third-order valence-corrected chi connectivity index (χ3v) is 19.0. The van der Waals surface area contributed by atoms with Crippen molar-refractivity contribution in [1.29, 1.82) is 0 Å². The summed E-state index contributed by atoms with van der Waals surface area (Å²) in [6.07, 6.45) is 32.0. The SMILES string of the molecule is CC1CC(C)C(C2CCCCC2)C2(C1)C1C3CCCCC3C(C(C)C)CC1C1C3CC4CC5CCCCC5CC4C3CC(C)C12. The first-order valence-corrected chi connectivity index (χ1v) is 21.9. The third-order valence-electron chi connectivity index (χ3n) is 19.0. The number of fused-ring (bicyclic) bond motifs is 12. The highest BCUT2D eigenvalue weighted by atomic mass is 14.8. The van der Waals surface area contributed by atoms with E-state index >= 15 is 0 Å². The summed E-state index contributed by atoms with van der Waals surface area (Å²) in [5, 5.41) is 0. The fourth-order valence-electron chi connectivity index (χ4n) is 18.7. The van der Waals surface area contributed by atoms with Crippen molar-refractivity contribution in [1.82, 2.24) is 0 Å². The minimum Gasteiger partial charge on any atom is -0.0625 e. The minimum atomic E-state index is 0.683. The molecule has 0 nitrogen and oxygen atoms in total. The lowest BCUT2D eigenvalue weighted by Gasteiger charge is -2.63. The molecule has 9 aliphatic carbocycles. The van der Waals surface area contributed by atoms with Crippen LogP contribution in [0.25, 0.3) is 0 Å². The van der Waals surface area contributed by atoms with Crippen LogP contribution in [0.1, 0.15) is 163 Å². The Bertz CT molecular complexity index is 1050. The van der Waals surface area contributed by atoms with Gasteiger partial charge in [0, 0.05) is 0 Å². The van der Waals surface area contributed by atoms with E-state index in [1.807, 2.05) is 0 Å². The van der Waals surface area contributed by atoms with Gasteiger partial charge in [-0.15, -0.1) is 0 Å². The van der Waals surface area contributed by atoms with Crippen LogP contribution in [0.5, 0.6) is 0 Å². The molecular weight excluding hydrogens is 540 g/mol. The first-order chi connectivity index (χ1) is 21.9. The Morgan fingerprint density at radius 1 is 0.444 bits per heavy atom. The topological polar surface area (TPSA) is 0 Å². The van der Waals surface area contributed by atoms with E-state index in [-0.39, 0.29) is 0 Å². The first-order valence-electron chi connectivity index (χ1n) is 21.9. The average molecular weight is 615 g/mol. The quantitative estimate of drug-likeness (QED) is 0.290. The van der Waals surface area contributed by atoms with E-state index < -0.39 is 0 Å². The average Bonchev–Trinajstić information content (AvgIpc) is 3.52. The maximum Gasteiger partial charge on any atom is -0.0194 e. The lowest BCUT2D eigenvalue weighted by atomic mass is 9.42. The van der Waals surface area contributed by atoms with Gasteiger partial charge >= 0.3 is 0 Å². The van der Waals surface area contributed by atoms with Gasteiger partial charge in [-0.3, -0.25) is 0 Å². The monoisotopic (exact) mass is 615 g/mol. The number of hydrogen-bond acceptors (Lipinski definition) is 0. The normalized spacial score (nSPS) is 57.9. The van der Waals surface area contributed by atoms with Crippen LogP contribution in [-0.2, 0) is 0 Å². The van der Waals surface area contributed by atoms with Crippen LogP contribution in [0.15, 0.2) is 0 Å². The minimum absolute atomic E-state index is 0.683. The summed E-state index contributed by atoms with van der Waals surface area (Å²) in [7, 11) is 0.